The van der Waals surface area contributed by atoms with Gasteiger partial charge in [-0.15, -0.1) is 10.2 Å². The standard InChI is InChI=1S/C16H13Cl2N3S2/c1-10-4-2-3-5-14(10)19-15-20-21-16(23-15)22-9-11-6-7-12(17)13(18)8-11/h2-8H,9H2,1H3,(H,19,20). The largest absolute Gasteiger partial charge is 0.330 e. The Morgan fingerprint density at radius 1 is 1.09 bits per heavy atom. The number of aromatic nitrogens is 2. The Labute approximate surface area is 153 Å². The van der Waals surface area contributed by atoms with Gasteiger partial charge in [-0.3, -0.25) is 0 Å². The maximum absolute atomic E-state index is 6.03. The van der Waals surface area contributed by atoms with Crippen LogP contribution in [-0.4, -0.2) is 10.2 Å². The van der Waals surface area contributed by atoms with Gasteiger partial charge in [0.1, 0.15) is 0 Å². The Morgan fingerprint density at radius 3 is 2.70 bits per heavy atom. The van der Waals surface area contributed by atoms with Crippen molar-refractivity contribution in [1.82, 2.24) is 10.2 Å². The van der Waals surface area contributed by atoms with Crippen LogP contribution >= 0.6 is 46.3 Å². The molecular formula is C16H13Cl2N3S2. The molecule has 0 fully saturated rings. The summed E-state index contributed by atoms with van der Waals surface area (Å²) in [6.07, 6.45) is 0. The number of halogens is 2. The van der Waals surface area contributed by atoms with Crippen LogP contribution in [-0.2, 0) is 5.75 Å². The van der Waals surface area contributed by atoms with E-state index in [0.717, 1.165) is 26.5 Å². The van der Waals surface area contributed by atoms with E-state index in [1.54, 1.807) is 11.8 Å². The summed E-state index contributed by atoms with van der Waals surface area (Å²) in [5, 5.41) is 13.6. The van der Waals surface area contributed by atoms with Crippen molar-refractivity contribution in [2.75, 3.05) is 5.32 Å². The lowest BCUT2D eigenvalue weighted by molar-refractivity contribution is 1.01. The highest BCUT2D eigenvalue weighted by Gasteiger charge is 2.07. The summed E-state index contributed by atoms with van der Waals surface area (Å²) in [6, 6.07) is 13.8. The van der Waals surface area contributed by atoms with Crippen molar-refractivity contribution in [3.05, 3.63) is 63.6 Å². The molecule has 0 unspecified atom stereocenters. The van der Waals surface area contributed by atoms with Crippen LogP contribution in [0.3, 0.4) is 0 Å². The normalized spacial score (nSPS) is 10.7. The van der Waals surface area contributed by atoms with Crippen LogP contribution in [0.25, 0.3) is 0 Å². The maximum atomic E-state index is 6.03. The lowest BCUT2D eigenvalue weighted by Crippen LogP contribution is -1.91. The molecule has 2 aromatic carbocycles. The molecule has 1 N–H and O–H groups in total. The number of benzene rings is 2. The van der Waals surface area contributed by atoms with Crippen LogP contribution in [0.15, 0.2) is 46.8 Å². The molecule has 0 aliphatic carbocycles. The van der Waals surface area contributed by atoms with Crippen molar-refractivity contribution < 1.29 is 0 Å². The summed E-state index contributed by atoms with van der Waals surface area (Å²) in [4.78, 5) is 0. The molecule has 0 radical (unpaired) electrons. The van der Waals surface area contributed by atoms with Gasteiger partial charge in [0.25, 0.3) is 0 Å². The fraction of sp³-hybridized carbons (Fsp3) is 0.125. The monoisotopic (exact) mass is 381 g/mol. The number of aryl methyl sites for hydroxylation is 1. The van der Waals surface area contributed by atoms with Crippen molar-refractivity contribution in [1.29, 1.82) is 0 Å². The summed E-state index contributed by atoms with van der Waals surface area (Å²) in [5.74, 6) is 0.774. The summed E-state index contributed by atoms with van der Waals surface area (Å²) >= 11 is 15.1. The SMILES string of the molecule is Cc1ccccc1Nc1nnc(SCc2ccc(Cl)c(Cl)c2)s1. The molecule has 0 aliphatic rings. The van der Waals surface area contributed by atoms with Gasteiger partial charge >= 0.3 is 0 Å². The average molecular weight is 382 g/mol. The number of thioether (sulfide) groups is 1. The molecule has 3 rings (SSSR count). The molecule has 1 aromatic heterocycles. The minimum absolute atomic E-state index is 0.570. The highest BCUT2D eigenvalue weighted by atomic mass is 35.5. The van der Waals surface area contributed by atoms with E-state index in [1.807, 2.05) is 36.4 Å². The van der Waals surface area contributed by atoms with Crippen molar-refractivity contribution >= 4 is 57.1 Å². The molecule has 0 spiro atoms. The third-order valence-corrected chi connectivity index (χ3v) is 5.92. The van der Waals surface area contributed by atoms with Crippen molar-refractivity contribution in [2.45, 2.75) is 17.0 Å². The zero-order valence-electron chi connectivity index (χ0n) is 12.2. The van der Waals surface area contributed by atoms with Crippen molar-refractivity contribution in [3.8, 4) is 0 Å². The Kier molecular flexibility index (Phi) is 5.43. The summed E-state index contributed by atoms with van der Waals surface area (Å²) in [5.41, 5.74) is 3.32. The minimum atomic E-state index is 0.570. The molecule has 3 nitrogen and oxygen atoms in total. The van der Waals surface area contributed by atoms with Gasteiger partial charge in [0, 0.05) is 11.4 Å². The van der Waals surface area contributed by atoms with E-state index in [4.69, 9.17) is 23.2 Å². The van der Waals surface area contributed by atoms with Gasteiger partial charge in [-0.2, -0.15) is 0 Å². The molecule has 0 bridgehead atoms. The number of nitrogens with zero attached hydrogens (tertiary/aromatic N) is 2. The van der Waals surface area contributed by atoms with E-state index in [-0.39, 0.29) is 0 Å². The average Bonchev–Trinajstić information content (AvgIpc) is 2.98. The molecule has 0 aliphatic heterocycles. The maximum Gasteiger partial charge on any atom is 0.210 e. The van der Waals surface area contributed by atoms with Gasteiger partial charge in [0.2, 0.25) is 5.13 Å². The Hall–Kier alpha value is -1.27. The number of para-hydroxylation sites is 1. The van der Waals surface area contributed by atoms with Crippen LogP contribution < -0.4 is 5.32 Å². The molecule has 118 valence electrons. The van der Waals surface area contributed by atoms with Gasteiger partial charge in [0.15, 0.2) is 4.34 Å². The van der Waals surface area contributed by atoms with Gasteiger partial charge in [-0.25, -0.2) is 0 Å². The molecule has 0 saturated carbocycles. The fourth-order valence-electron chi connectivity index (χ4n) is 1.92. The molecule has 0 atom stereocenters. The lowest BCUT2D eigenvalue weighted by Gasteiger charge is -2.04. The zero-order valence-corrected chi connectivity index (χ0v) is 15.4. The third-order valence-electron chi connectivity index (χ3n) is 3.14. The van der Waals surface area contributed by atoms with Crippen molar-refractivity contribution in [2.24, 2.45) is 0 Å². The van der Waals surface area contributed by atoms with E-state index in [1.165, 1.54) is 16.9 Å². The summed E-state index contributed by atoms with van der Waals surface area (Å²) in [6.45, 7) is 2.06. The Bertz CT molecular complexity index is 821. The van der Waals surface area contributed by atoms with E-state index >= 15 is 0 Å². The molecule has 23 heavy (non-hydrogen) atoms. The first-order valence-electron chi connectivity index (χ1n) is 6.85. The van der Waals surface area contributed by atoms with E-state index in [0.29, 0.717) is 10.0 Å². The van der Waals surface area contributed by atoms with E-state index in [9.17, 15) is 0 Å². The zero-order chi connectivity index (χ0) is 16.2. The first-order chi connectivity index (χ1) is 11.1. The van der Waals surface area contributed by atoms with E-state index < -0.39 is 0 Å². The minimum Gasteiger partial charge on any atom is -0.330 e. The molecule has 0 amide bonds. The van der Waals surface area contributed by atoms with Gasteiger partial charge in [-0.1, -0.05) is 70.6 Å². The van der Waals surface area contributed by atoms with Crippen LogP contribution in [0.4, 0.5) is 10.8 Å². The molecule has 1 heterocycles. The van der Waals surface area contributed by atoms with Crippen LogP contribution in [0.1, 0.15) is 11.1 Å². The Morgan fingerprint density at radius 2 is 1.91 bits per heavy atom. The summed E-state index contributed by atoms with van der Waals surface area (Å²) in [7, 11) is 0. The molecule has 7 heteroatoms. The predicted molar refractivity (Wildman–Crippen MR) is 100 cm³/mol. The predicted octanol–water partition coefficient (Wildman–Crippen LogP) is 6.19. The number of hydrogen-bond donors (Lipinski definition) is 1. The quantitative estimate of drug-likeness (QED) is 0.534. The topological polar surface area (TPSA) is 37.8 Å². The second kappa shape index (κ2) is 7.53. The van der Waals surface area contributed by atoms with Gasteiger partial charge in [0.05, 0.1) is 10.0 Å². The number of hydrogen-bond acceptors (Lipinski definition) is 5. The first kappa shape index (κ1) is 16.6. The molecule has 0 saturated heterocycles. The highest BCUT2D eigenvalue weighted by molar-refractivity contribution is 8.00. The second-order valence-corrected chi connectivity index (χ2v) is 7.86. The second-order valence-electron chi connectivity index (χ2n) is 4.85. The van der Waals surface area contributed by atoms with Crippen LogP contribution in [0.2, 0.25) is 10.0 Å². The Balaban J connectivity index is 1.63. The fourth-order valence-corrected chi connectivity index (χ4v) is 3.95. The smallest absolute Gasteiger partial charge is 0.210 e. The summed E-state index contributed by atoms with van der Waals surface area (Å²) < 4.78 is 0.909. The van der Waals surface area contributed by atoms with E-state index in [2.05, 4.69) is 28.5 Å². The van der Waals surface area contributed by atoms with Gasteiger partial charge in [-0.05, 0) is 36.2 Å². The van der Waals surface area contributed by atoms with Gasteiger partial charge < -0.3 is 5.32 Å². The first-order valence-corrected chi connectivity index (χ1v) is 9.40. The third kappa shape index (κ3) is 4.38. The number of rotatable bonds is 5. The highest BCUT2D eigenvalue weighted by Crippen LogP contribution is 2.32. The number of anilines is 2. The number of nitrogens with one attached hydrogen (secondary N) is 1. The molecular weight excluding hydrogens is 369 g/mol. The molecule has 3 aromatic rings. The van der Waals surface area contributed by atoms with Crippen LogP contribution in [0.5, 0.6) is 0 Å². The van der Waals surface area contributed by atoms with Crippen LogP contribution in [0, 0.1) is 6.92 Å². The van der Waals surface area contributed by atoms with Crippen molar-refractivity contribution in [3.63, 3.8) is 0 Å². The lowest BCUT2D eigenvalue weighted by atomic mass is 10.2.